The van der Waals surface area contributed by atoms with Gasteiger partial charge in [0, 0.05) is 5.70 Å². The van der Waals surface area contributed by atoms with E-state index in [0.29, 0.717) is 0 Å². The fourth-order valence-corrected chi connectivity index (χ4v) is 2.42. The third kappa shape index (κ3) is 4.97. The van der Waals surface area contributed by atoms with Crippen LogP contribution in [0.4, 0.5) is 0 Å². The van der Waals surface area contributed by atoms with E-state index in [4.69, 9.17) is 5.73 Å². The van der Waals surface area contributed by atoms with Crippen molar-refractivity contribution < 1.29 is 0 Å². The third-order valence-electron chi connectivity index (χ3n) is 3.81. The summed E-state index contributed by atoms with van der Waals surface area (Å²) in [4.78, 5) is 0. The molecular weight excluding hydrogens is 206 g/mol. The SMILES string of the molecule is CC/C(N)=C/CCC/C=C(/C(C)C)C1CC1C. The van der Waals surface area contributed by atoms with Crippen molar-refractivity contribution >= 4 is 0 Å². The molecule has 98 valence electrons. The lowest BCUT2D eigenvalue weighted by Gasteiger charge is -2.10. The van der Waals surface area contributed by atoms with Crippen molar-refractivity contribution in [2.75, 3.05) is 0 Å². The van der Waals surface area contributed by atoms with Gasteiger partial charge in [-0.3, -0.25) is 0 Å². The van der Waals surface area contributed by atoms with Crippen LogP contribution in [0, 0.1) is 17.8 Å². The van der Waals surface area contributed by atoms with E-state index in [-0.39, 0.29) is 0 Å². The average molecular weight is 235 g/mol. The highest BCUT2D eigenvalue weighted by atomic mass is 14.6. The molecule has 1 nitrogen and oxygen atoms in total. The Morgan fingerprint density at radius 2 is 1.88 bits per heavy atom. The summed E-state index contributed by atoms with van der Waals surface area (Å²) < 4.78 is 0. The number of hydrogen-bond donors (Lipinski definition) is 1. The predicted molar refractivity (Wildman–Crippen MR) is 76.6 cm³/mol. The fraction of sp³-hybridized carbons (Fsp3) is 0.750. The van der Waals surface area contributed by atoms with Crippen molar-refractivity contribution in [3.8, 4) is 0 Å². The molecule has 2 atom stereocenters. The van der Waals surface area contributed by atoms with Crippen LogP contribution in [0.3, 0.4) is 0 Å². The molecule has 0 amide bonds. The fourth-order valence-electron chi connectivity index (χ4n) is 2.42. The summed E-state index contributed by atoms with van der Waals surface area (Å²) in [5, 5.41) is 0. The van der Waals surface area contributed by atoms with Gasteiger partial charge < -0.3 is 5.73 Å². The monoisotopic (exact) mass is 235 g/mol. The quantitative estimate of drug-likeness (QED) is 0.504. The molecule has 0 spiro atoms. The molecular formula is C16H29N. The Labute approximate surface area is 107 Å². The van der Waals surface area contributed by atoms with E-state index in [1.165, 1.54) is 19.3 Å². The van der Waals surface area contributed by atoms with Crippen LogP contribution in [-0.4, -0.2) is 0 Å². The second kappa shape index (κ2) is 6.88. The van der Waals surface area contributed by atoms with E-state index in [1.807, 2.05) is 0 Å². The first kappa shape index (κ1) is 14.3. The van der Waals surface area contributed by atoms with E-state index < -0.39 is 0 Å². The van der Waals surface area contributed by atoms with Crippen LogP contribution in [0.2, 0.25) is 0 Å². The van der Waals surface area contributed by atoms with Gasteiger partial charge in [0.05, 0.1) is 0 Å². The van der Waals surface area contributed by atoms with Gasteiger partial charge in [-0.2, -0.15) is 0 Å². The van der Waals surface area contributed by atoms with Crippen molar-refractivity contribution in [2.24, 2.45) is 23.5 Å². The van der Waals surface area contributed by atoms with Gasteiger partial charge in [-0.25, -0.2) is 0 Å². The van der Waals surface area contributed by atoms with Crippen LogP contribution in [-0.2, 0) is 0 Å². The molecule has 0 saturated heterocycles. The second-order valence-electron chi connectivity index (χ2n) is 5.74. The molecule has 1 saturated carbocycles. The van der Waals surface area contributed by atoms with E-state index >= 15 is 0 Å². The molecule has 0 aromatic heterocycles. The van der Waals surface area contributed by atoms with Gasteiger partial charge in [0.15, 0.2) is 0 Å². The number of allylic oxidation sites excluding steroid dienone is 4. The van der Waals surface area contributed by atoms with Crippen molar-refractivity contribution in [1.82, 2.24) is 0 Å². The smallest absolute Gasteiger partial charge is 0.00371 e. The molecule has 0 heterocycles. The third-order valence-corrected chi connectivity index (χ3v) is 3.81. The molecule has 0 aliphatic heterocycles. The van der Waals surface area contributed by atoms with Crippen LogP contribution in [0.15, 0.2) is 23.4 Å². The van der Waals surface area contributed by atoms with Gasteiger partial charge >= 0.3 is 0 Å². The van der Waals surface area contributed by atoms with Crippen LogP contribution >= 0.6 is 0 Å². The Morgan fingerprint density at radius 1 is 1.29 bits per heavy atom. The number of unbranched alkanes of at least 4 members (excludes halogenated alkanes) is 2. The first-order valence-electron chi connectivity index (χ1n) is 7.20. The highest BCUT2D eigenvalue weighted by molar-refractivity contribution is 5.17. The summed E-state index contributed by atoms with van der Waals surface area (Å²) in [5.74, 6) is 2.55. The Hall–Kier alpha value is -0.720. The maximum absolute atomic E-state index is 5.79. The maximum atomic E-state index is 5.79. The highest BCUT2D eigenvalue weighted by Crippen LogP contribution is 2.46. The first-order valence-corrected chi connectivity index (χ1v) is 7.20. The van der Waals surface area contributed by atoms with Crippen molar-refractivity contribution in [3.05, 3.63) is 23.4 Å². The number of nitrogens with two attached hydrogens (primary N) is 1. The molecule has 0 radical (unpaired) electrons. The molecule has 1 aliphatic carbocycles. The molecule has 17 heavy (non-hydrogen) atoms. The Balaban J connectivity index is 2.30. The normalized spacial score (nSPS) is 25.5. The van der Waals surface area contributed by atoms with E-state index in [2.05, 4.69) is 39.8 Å². The molecule has 0 aromatic carbocycles. The Kier molecular flexibility index (Phi) is 5.80. The number of rotatable bonds is 7. The van der Waals surface area contributed by atoms with Gasteiger partial charge in [-0.05, 0) is 49.9 Å². The molecule has 0 aromatic rings. The topological polar surface area (TPSA) is 26.0 Å². The Morgan fingerprint density at radius 3 is 2.35 bits per heavy atom. The predicted octanol–water partition coefficient (Wildman–Crippen LogP) is 4.65. The lowest BCUT2D eigenvalue weighted by Crippen LogP contribution is -1.98. The summed E-state index contributed by atoms with van der Waals surface area (Å²) in [7, 11) is 0. The molecule has 1 fully saturated rings. The lowest BCUT2D eigenvalue weighted by molar-refractivity contribution is 0.668. The molecule has 1 aliphatic rings. The van der Waals surface area contributed by atoms with Gasteiger partial charge in [0.25, 0.3) is 0 Å². The van der Waals surface area contributed by atoms with Crippen LogP contribution in [0.25, 0.3) is 0 Å². The summed E-state index contributed by atoms with van der Waals surface area (Å²) in [6, 6.07) is 0. The zero-order valence-electron chi connectivity index (χ0n) is 12.0. The molecule has 2 unspecified atom stereocenters. The second-order valence-corrected chi connectivity index (χ2v) is 5.74. The largest absolute Gasteiger partial charge is 0.402 e. The molecule has 0 bridgehead atoms. The summed E-state index contributed by atoms with van der Waals surface area (Å²) in [6.07, 6.45) is 10.6. The minimum atomic E-state index is 0.723. The van der Waals surface area contributed by atoms with Gasteiger partial charge in [-0.15, -0.1) is 0 Å². The van der Waals surface area contributed by atoms with Gasteiger partial charge in [0.2, 0.25) is 0 Å². The average Bonchev–Trinajstić information content (AvgIpc) is 2.99. The van der Waals surface area contributed by atoms with Crippen molar-refractivity contribution in [3.63, 3.8) is 0 Å². The zero-order valence-corrected chi connectivity index (χ0v) is 12.0. The maximum Gasteiger partial charge on any atom is 0.00371 e. The van der Waals surface area contributed by atoms with Crippen molar-refractivity contribution in [1.29, 1.82) is 0 Å². The van der Waals surface area contributed by atoms with Crippen LogP contribution in [0.5, 0.6) is 0 Å². The zero-order chi connectivity index (χ0) is 12.8. The van der Waals surface area contributed by atoms with Crippen LogP contribution in [0.1, 0.15) is 59.8 Å². The standard InChI is InChI=1S/C16H29N/c1-5-14(17)9-7-6-8-10-15(12(2)3)16-11-13(16)4/h9-10,12-13,16H,5-8,11,17H2,1-4H3/b14-9-,15-10-. The van der Waals surface area contributed by atoms with Crippen LogP contribution < -0.4 is 5.73 Å². The summed E-state index contributed by atoms with van der Waals surface area (Å²) >= 11 is 0. The Bertz CT molecular complexity index is 286. The minimum Gasteiger partial charge on any atom is -0.402 e. The summed E-state index contributed by atoms with van der Waals surface area (Å²) in [6.45, 7) is 9.13. The van der Waals surface area contributed by atoms with E-state index in [9.17, 15) is 0 Å². The molecule has 1 heteroatoms. The molecule has 2 N–H and O–H groups in total. The summed E-state index contributed by atoms with van der Waals surface area (Å²) in [5.41, 5.74) is 8.52. The number of hydrogen-bond acceptors (Lipinski definition) is 1. The molecule has 1 rings (SSSR count). The van der Waals surface area contributed by atoms with Gasteiger partial charge in [0.1, 0.15) is 0 Å². The first-order chi connectivity index (χ1) is 8.06. The lowest BCUT2D eigenvalue weighted by atomic mass is 9.95. The minimum absolute atomic E-state index is 0.723. The van der Waals surface area contributed by atoms with E-state index in [0.717, 1.165) is 36.3 Å². The highest BCUT2D eigenvalue weighted by Gasteiger charge is 2.36. The van der Waals surface area contributed by atoms with E-state index in [1.54, 1.807) is 5.57 Å². The van der Waals surface area contributed by atoms with Gasteiger partial charge in [-0.1, -0.05) is 45.4 Å². The van der Waals surface area contributed by atoms with Crippen molar-refractivity contribution in [2.45, 2.75) is 59.8 Å².